The van der Waals surface area contributed by atoms with Gasteiger partial charge in [-0.2, -0.15) is 0 Å². The zero-order chi connectivity index (χ0) is 20.2. The number of carbonyl (C=O) groups excluding carboxylic acids is 1. The molecular formula is C22H18N4O3. The standard InChI is InChI=1S/C22H18N4O3/c1-26(17-10-3-2-4-11-17)19-13-6-5-12-18(19)21(27)23-16-9-7-8-15(14-16)20-24-22(28)29-25-20/h2-14H,1H3,(H,23,27)(H,24,25,28). The first-order chi connectivity index (χ1) is 14.1. The van der Waals surface area contributed by atoms with Gasteiger partial charge in [-0.25, -0.2) is 4.79 Å². The smallest absolute Gasteiger partial charge is 0.344 e. The number of para-hydroxylation sites is 2. The van der Waals surface area contributed by atoms with Gasteiger partial charge in [-0.1, -0.05) is 47.6 Å². The van der Waals surface area contributed by atoms with Crippen molar-refractivity contribution in [2.45, 2.75) is 0 Å². The van der Waals surface area contributed by atoms with E-state index in [0.717, 1.165) is 11.4 Å². The molecule has 0 unspecified atom stereocenters. The molecule has 0 aliphatic rings. The molecule has 29 heavy (non-hydrogen) atoms. The molecule has 0 aliphatic heterocycles. The minimum absolute atomic E-state index is 0.242. The zero-order valence-corrected chi connectivity index (χ0v) is 15.6. The SMILES string of the molecule is CN(c1ccccc1)c1ccccc1C(=O)Nc1cccc(-c2noc(=O)[nH]2)c1. The highest BCUT2D eigenvalue weighted by atomic mass is 16.5. The van der Waals surface area contributed by atoms with Gasteiger partial charge in [0, 0.05) is 24.0 Å². The van der Waals surface area contributed by atoms with Crippen LogP contribution in [-0.4, -0.2) is 23.1 Å². The Kier molecular flexibility index (Phi) is 4.94. The van der Waals surface area contributed by atoms with Gasteiger partial charge in [0.05, 0.1) is 11.3 Å². The molecule has 1 heterocycles. The summed E-state index contributed by atoms with van der Waals surface area (Å²) >= 11 is 0. The van der Waals surface area contributed by atoms with Gasteiger partial charge >= 0.3 is 5.76 Å². The Bertz CT molecular complexity index is 1200. The number of benzene rings is 3. The van der Waals surface area contributed by atoms with Crippen LogP contribution in [0.3, 0.4) is 0 Å². The van der Waals surface area contributed by atoms with Crippen molar-refractivity contribution < 1.29 is 9.32 Å². The van der Waals surface area contributed by atoms with Gasteiger partial charge in [-0.05, 0) is 36.4 Å². The summed E-state index contributed by atoms with van der Waals surface area (Å²) in [7, 11) is 1.92. The summed E-state index contributed by atoms with van der Waals surface area (Å²) in [6.45, 7) is 0. The van der Waals surface area contributed by atoms with Crippen LogP contribution in [0, 0.1) is 0 Å². The minimum Gasteiger partial charge on any atom is -0.344 e. The van der Waals surface area contributed by atoms with Gasteiger partial charge in [0.2, 0.25) is 0 Å². The topological polar surface area (TPSA) is 91.2 Å². The molecule has 1 aromatic heterocycles. The van der Waals surface area contributed by atoms with Crippen LogP contribution >= 0.6 is 0 Å². The van der Waals surface area contributed by atoms with Crippen LogP contribution in [0.25, 0.3) is 11.4 Å². The summed E-state index contributed by atoms with van der Waals surface area (Å²) < 4.78 is 4.54. The third-order valence-electron chi connectivity index (χ3n) is 4.49. The molecule has 7 heteroatoms. The summed E-state index contributed by atoms with van der Waals surface area (Å²) in [5, 5.41) is 6.58. The number of anilines is 3. The van der Waals surface area contributed by atoms with E-state index in [1.807, 2.05) is 60.5 Å². The van der Waals surface area contributed by atoms with Crippen LogP contribution in [0.2, 0.25) is 0 Å². The number of H-pyrrole nitrogens is 1. The van der Waals surface area contributed by atoms with Crippen molar-refractivity contribution in [1.82, 2.24) is 10.1 Å². The third-order valence-corrected chi connectivity index (χ3v) is 4.49. The van der Waals surface area contributed by atoms with Gasteiger partial charge in [-0.3, -0.25) is 14.3 Å². The molecule has 0 saturated heterocycles. The first kappa shape index (κ1) is 18.2. The zero-order valence-electron chi connectivity index (χ0n) is 15.6. The molecule has 0 bridgehead atoms. The predicted molar refractivity (Wildman–Crippen MR) is 111 cm³/mol. The van der Waals surface area contributed by atoms with Gasteiger partial charge in [0.25, 0.3) is 5.91 Å². The maximum atomic E-state index is 13.0. The number of hydrogen-bond donors (Lipinski definition) is 2. The van der Waals surface area contributed by atoms with E-state index in [4.69, 9.17) is 0 Å². The van der Waals surface area contributed by atoms with E-state index < -0.39 is 5.76 Å². The van der Waals surface area contributed by atoms with E-state index in [1.54, 1.807) is 30.3 Å². The molecule has 0 radical (unpaired) electrons. The Hall–Kier alpha value is -4.13. The number of aromatic amines is 1. The molecule has 0 aliphatic carbocycles. The molecule has 2 N–H and O–H groups in total. The van der Waals surface area contributed by atoms with Crippen LogP contribution in [0.5, 0.6) is 0 Å². The van der Waals surface area contributed by atoms with Crippen LogP contribution in [0.1, 0.15) is 10.4 Å². The Balaban J connectivity index is 1.61. The van der Waals surface area contributed by atoms with Crippen molar-refractivity contribution in [1.29, 1.82) is 0 Å². The van der Waals surface area contributed by atoms with Crippen LogP contribution in [0.15, 0.2) is 88.2 Å². The highest BCUT2D eigenvalue weighted by molar-refractivity contribution is 6.08. The average molecular weight is 386 g/mol. The maximum Gasteiger partial charge on any atom is 0.439 e. The van der Waals surface area contributed by atoms with Gasteiger partial charge in [0.15, 0.2) is 5.82 Å². The van der Waals surface area contributed by atoms with E-state index in [-0.39, 0.29) is 5.91 Å². The number of rotatable bonds is 5. The Morgan fingerprint density at radius 1 is 1.00 bits per heavy atom. The van der Waals surface area contributed by atoms with Crippen molar-refractivity contribution in [3.63, 3.8) is 0 Å². The molecule has 0 atom stereocenters. The second kappa shape index (κ2) is 7.85. The summed E-state index contributed by atoms with van der Waals surface area (Å²) in [6, 6.07) is 24.2. The molecule has 144 valence electrons. The molecule has 7 nitrogen and oxygen atoms in total. The lowest BCUT2D eigenvalue weighted by Crippen LogP contribution is -2.18. The molecule has 1 amide bonds. The third kappa shape index (κ3) is 3.93. The predicted octanol–water partition coefficient (Wildman–Crippen LogP) is 4.05. The lowest BCUT2D eigenvalue weighted by atomic mass is 10.1. The fourth-order valence-corrected chi connectivity index (χ4v) is 3.05. The van der Waals surface area contributed by atoms with Crippen molar-refractivity contribution in [2.24, 2.45) is 0 Å². The molecule has 4 rings (SSSR count). The number of amides is 1. The highest BCUT2D eigenvalue weighted by Gasteiger charge is 2.15. The fraction of sp³-hybridized carbons (Fsp3) is 0.0455. The van der Waals surface area contributed by atoms with E-state index >= 15 is 0 Å². The first-order valence-electron chi connectivity index (χ1n) is 8.97. The van der Waals surface area contributed by atoms with Crippen LogP contribution in [0.4, 0.5) is 17.1 Å². The summed E-state index contributed by atoms with van der Waals surface area (Å²) in [5.74, 6) is -0.572. The number of carbonyl (C=O) groups is 1. The normalized spacial score (nSPS) is 10.5. The van der Waals surface area contributed by atoms with Crippen molar-refractivity contribution in [2.75, 3.05) is 17.3 Å². The van der Waals surface area contributed by atoms with Gasteiger partial charge in [-0.15, -0.1) is 0 Å². The summed E-state index contributed by atoms with van der Waals surface area (Å²) in [4.78, 5) is 28.6. The quantitative estimate of drug-likeness (QED) is 0.540. The number of hydrogen-bond acceptors (Lipinski definition) is 5. The van der Waals surface area contributed by atoms with E-state index in [2.05, 4.69) is 20.0 Å². The fourth-order valence-electron chi connectivity index (χ4n) is 3.05. The van der Waals surface area contributed by atoms with Gasteiger partial charge < -0.3 is 10.2 Å². The summed E-state index contributed by atoms with van der Waals surface area (Å²) in [5.41, 5.74) is 3.51. The minimum atomic E-state index is -0.632. The van der Waals surface area contributed by atoms with Gasteiger partial charge in [0.1, 0.15) is 0 Å². The summed E-state index contributed by atoms with van der Waals surface area (Å²) in [6.07, 6.45) is 0. The first-order valence-corrected chi connectivity index (χ1v) is 8.97. The van der Waals surface area contributed by atoms with Crippen molar-refractivity contribution >= 4 is 23.0 Å². The molecule has 0 fully saturated rings. The highest BCUT2D eigenvalue weighted by Crippen LogP contribution is 2.28. The monoisotopic (exact) mass is 386 g/mol. The molecule has 4 aromatic rings. The van der Waals surface area contributed by atoms with E-state index in [9.17, 15) is 9.59 Å². The second-order valence-electron chi connectivity index (χ2n) is 6.39. The van der Waals surface area contributed by atoms with E-state index in [1.165, 1.54) is 0 Å². The molecule has 0 saturated carbocycles. The lowest BCUT2D eigenvalue weighted by Gasteiger charge is -2.22. The Labute approximate surface area is 166 Å². The van der Waals surface area contributed by atoms with Crippen molar-refractivity contribution in [3.05, 3.63) is 95.0 Å². The van der Waals surface area contributed by atoms with Crippen LogP contribution < -0.4 is 16.0 Å². The Morgan fingerprint density at radius 2 is 1.76 bits per heavy atom. The molecule has 0 spiro atoms. The largest absolute Gasteiger partial charge is 0.439 e. The van der Waals surface area contributed by atoms with Crippen molar-refractivity contribution in [3.8, 4) is 11.4 Å². The van der Waals surface area contributed by atoms with Crippen LogP contribution in [-0.2, 0) is 0 Å². The number of aromatic nitrogens is 2. The number of nitrogens with one attached hydrogen (secondary N) is 2. The molecular weight excluding hydrogens is 368 g/mol. The maximum absolute atomic E-state index is 13.0. The lowest BCUT2D eigenvalue weighted by molar-refractivity contribution is 0.102. The molecule has 3 aromatic carbocycles. The van der Waals surface area contributed by atoms with E-state index in [0.29, 0.717) is 22.6 Å². The number of nitrogens with zero attached hydrogens (tertiary/aromatic N) is 2. The second-order valence-corrected chi connectivity index (χ2v) is 6.39. The Morgan fingerprint density at radius 3 is 2.52 bits per heavy atom. The average Bonchev–Trinajstić information content (AvgIpc) is 3.20.